The van der Waals surface area contributed by atoms with Gasteiger partial charge in [-0.25, -0.2) is 9.21 Å². The SMILES string of the molecule is CC(C)(C)OC(=O)Nc1cccc(C(=O)N(Cl)c2ccccc2)c1. The van der Waals surface area contributed by atoms with E-state index >= 15 is 0 Å². The summed E-state index contributed by atoms with van der Waals surface area (Å²) in [5, 5.41) is 2.60. The number of hydrogen-bond acceptors (Lipinski definition) is 3. The first kappa shape index (κ1) is 17.8. The molecule has 0 radical (unpaired) electrons. The Kier molecular flexibility index (Phi) is 5.46. The second-order valence-electron chi connectivity index (χ2n) is 6.13. The Morgan fingerprint density at radius 3 is 2.33 bits per heavy atom. The van der Waals surface area contributed by atoms with Crippen molar-refractivity contribution in [3.63, 3.8) is 0 Å². The lowest BCUT2D eigenvalue weighted by atomic mass is 10.2. The summed E-state index contributed by atoms with van der Waals surface area (Å²) in [7, 11) is 0. The van der Waals surface area contributed by atoms with Gasteiger partial charge in [0.2, 0.25) is 0 Å². The summed E-state index contributed by atoms with van der Waals surface area (Å²) >= 11 is 6.11. The molecule has 0 fully saturated rings. The molecule has 0 saturated carbocycles. The molecule has 6 heteroatoms. The molecule has 2 rings (SSSR count). The molecule has 0 unspecified atom stereocenters. The zero-order valence-electron chi connectivity index (χ0n) is 13.7. The number of anilines is 2. The minimum absolute atomic E-state index is 0.349. The van der Waals surface area contributed by atoms with E-state index in [-0.39, 0.29) is 0 Å². The van der Waals surface area contributed by atoms with Gasteiger partial charge < -0.3 is 4.74 Å². The number of carbonyl (C=O) groups is 2. The van der Waals surface area contributed by atoms with E-state index in [9.17, 15) is 9.59 Å². The highest BCUT2D eigenvalue weighted by molar-refractivity contribution is 6.39. The van der Waals surface area contributed by atoms with Crippen molar-refractivity contribution in [1.29, 1.82) is 0 Å². The van der Waals surface area contributed by atoms with E-state index in [1.54, 1.807) is 69.3 Å². The molecular formula is C18H19ClN2O3. The third kappa shape index (κ3) is 4.99. The van der Waals surface area contributed by atoms with E-state index in [4.69, 9.17) is 16.5 Å². The smallest absolute Gasteiger partial charge is 0.412 e. The van der Waals surface area contributed by atoms with Crippen molar-refractivity contribution in [1.82, 2.24) is 0 Å². The minimum Gasteiger partial charge on any atom is -0.444 e. The standard InChI is InChI=1S/C18H19ClN2O3/c1-18(2,3)24-17(23)20-14-9-7-8-13(12-14)16(22)21(19)15-10-5-4-6-11-15/h4-12H,1-3H3,(H,20,23). The monoisotopic (exact) mass is 346 g/mol. The van der Waals surface area contributed by atoms with Gasteiger partial charge in [0.25, 0.3) is 5.91 Å². The van der Waals surface area contributed by atoms with Crippen LogP contribution >= 0.6 is 11.8 Å². The number of hydrogen-bond donors (Lipinski definition) is 1. The van der Waals surface area contributed by atoms with Crippen molar-refractivity contribution < 1.29 is 14.3 Å². The third-order valence-electron chi connectivity index (χ3n) is 2.92. The van der Waals surface area contributed by atoms with Crippen LogP contribution in [0.3, 0.4) is 0 Å². The van der Waals surface area contributed by atoms with Crippen LogP contribution in [0, 0.1) is 0 Å². The first-order valence-electron chi connectivity index (χ1n) is 7.41. The molecule has 0 spiro atoms. The van der Waals surface area contributed by atoms with Gasteiger partial charge in [-0.3, -0.25) is 10.1 Å². The summed E-state index contributed by atoms with van der Waals surface area (Å²) < 4.78 is 6.22. The predicted octanol–water partition coefficient (Wildman–Crippen LogP) is 4.83. The van der Waals surface area contributed by atoms with E-state index < -0.39 is 17.6 Å². The Morgan fingerprint density at radius 1 is 1.04 bits per heavy atom. The number of rotatable bonds is 3. The fraction of sp³-hybridized carbons (Fsp3) is 0.222. The number of carbonyl (C=O) groups excluding carboxylic acids is 2. The molecule has 0 aliphatic carbocycles. The van der Waals surface area contributed by atoms with Crippen LogP contribution in [-0.4, -0.2) is 17.6 Å². The molecule has 126 valence electrons. The molecule has 2 amide bonds. The van der Waals surface area contributed by atoms with Crippen LogP contribution in [0.4, 0.5) is 16.2 Å². The zero-order chi connectivity index (χ0) is 17.7. The van der Waals surface area contributed by atoms with Gasteiger partial charge in [0, 0.05) is 23.0 Å². The van der Waals surface area contributed by atoms with E-state index in [2.05, 4.69) is 5.32 Å². The van der Waals surface area contributed by atoms with Gasteiger partial charge in [-0.15, -0.1) is 0 Å². The van der Waals surface area contributed by atoms with Crippen LogP contribution in [0.1, 0.15) is 31.1 Å². The first-order chi connectivity index (χ1) is 11.3. The maximum absolute atomic E-state index is 12.5. The summed E-state index contributed by atoms with van der Waals surface area (Å²) in [4.78, 5) is 24.3. The maximum Gasteiger partial charge on any atom is 0.412 e. The van der Waals surface area contributed by atoms with Crippen molar-refractivity contribution in [3.05, 3.63) is 60.2 Å². The molecule has 2 aromatic rings. The lowest BCUT2D eigenvalue weighted by Crippen LogP contribution is -2.27. The summed E-state index contributed by atoms with van der Waals surface area (Å²) in [6, 6.07) is 15.4. The Hall–Kier alpha value is -2.53. The predicted molar refractivity (Wildman–Crippen MR) is 95.4 cm³/mol. The normalized spacial score (nSPS) is 10.8. The Balaban J connectivity index is 2.12. The van der Waals surface area contributed by atoms with Gasteiger partial charge in [0.1, 0.15) is 5.60 Å². The van der Waals surface area contributed by atoms with Crippen LogP contribution in [-0.2, 0) is 4.74 Å². The van der Waals surface area contributed by atoms with Crippen molar-refractivity contribution in [2.75, 3.05) is 9.74 Å². The molecule has 0 atom stereocenters. The van der Waals surface area contributed by atoms with Gasteiger partial charge >= 0.3 is 6.09 Å². The third-order valence-corrected chi connectivity index (χ3v) is 3.26. The average Bonchev–Trinajstić information content (AvgIpc) is 2.52. The summed E-state index contributed by atoms with van der Waals surface area (Å²) in [5.74, 6) is -0.393. The first-order valence-corrected chi connectivity index (χ1v) is 7.75. The summed E-state index contributed by atoms with van der Waals surface area (Å²) in [5.41, 5.74) is 0.767. The second kappa shape index (κ2) is 7.36. The molecule has 0 aliphatic rings. The van der Waals surface area contributed by atoms with Gasteiger partial charge in [-0.1, -0.05) is 24.3 Å². The van der Waals surface area contributed by atoms with Crippen molar-refractivity contribution in [3.8, 4) is 0 Å². The van der Waals surface area contributed by atoms with Gasteiger partial charge in [-0.2, -0.15) is 0 Å². The number of benzene rings is 2. The highest BCUT2D eigenvalue weighted by Gasteiger charge is 2.18. The molecule has 0 bridgehead atoms. The quantitative estimate of drug-likeness (QED) is 0.809. The van der Waals surface area contributed by atoms with Crippen molar-refractivity contribution in [2.45, 2.75) is 26.4 Å². The maximum atomic E-state index is 12.5. The highest BCUT2D eigenvalue weighted by Crippen LogP contribution is 2.21. The summed E-state index contributed by atoms with van der Waals surface area (Å²) in [6.45, 7) is 5.33. The molecule has 2 aromatic carbocycles. The molecule has 5 nitrogen and oxygen atoms in total. The van der Waals surface area contributed by atoms with E-state index in [0.29, 0.717) is 16.9 Å². The van der Waals surface area contributed by atoms with Gasteiger partial charge in [0.05, 0.1) is 5.69 Å². The molecule has 1 N–H and O–H groups in total. The molecule has 0 saturated heterocycles. The van der Waals surface area contributed by atoms with Crippen molar-refractivity contribution >= 4 is 35.2 Å². The van der Waals surface area contributed by atoms with E-state index in [1.807, 2.05) is 6.07 Å². The number of nitrogens with zero attached hydrogens (tertiary/aromatic N) is 1. The van der Waals surface area contributed by atoms with Crippen molar-refractivity contribution in [2.24, 2.45) is 0 Å². The highest BCUT2D eigenvalue weighted by atomic mass is 35.5. The summed E-state index contributed by atoms with van der Waals surface area (Å²) in [6.07, 6.45) is -0.585. The van der Waals surface area contributed by atoms with Crippen LogP contribution in [0.5, 0.6) is 0 Å². The largest absolute Gasteiger partial charge is 0.444 e. The Morgan fingerprint density at radius 2 is 1.71 bits per heavy atom. The van der Waals surface area contributed by atoms with Crippen LogP contribution in [0.15, 0.2) is 54.6 Å². The fourth-order valence-electron chi connectivity index (χ4n) is 1.94. The number of amides is 2. The molecule has 24 heavy (non-hydrogen) atoms. The molecular weight excluding hydrogens is 328 g/mol. The van der Waals surface area contributed by atoms with E-state index in [0.717, 1.165) is 4.42 Å². The Labute approximate surface area is 146 Å². The lowest BCUT2D eigenvalue weighted by Gasteiger charge is -2.20. The van der Waals surface area contributed by atoms with Crippen LogP contribution in [0.25, 0.3) is 0 Å². The minimum atomic E-state index is -0.599. The fourth-order valence-corrected chi connectivity index (χ4v) is 2.15. The topological polar surface area (TPSA) is 58.6 Å². The number of halogens is 1. The molecule has 0 aromatic heterocycles. The van der Waals surface area contributed by atoms with Gasteiger partial charge in [0.15, 0.2) is 0 Å². The Bertz CT molecular complexity index is 727. The number of para-hydroxylation sites is 1. The molecule has 0 heterocycles. The number of ether oxygens (including phenoxy) is 1. The average molecular weight is 347 g/mol. The number of nitrogens with one attached hydrogen (secondary N) is 1. The van der Waals surface area contributed by atoms with E-state index in [1.165, 1.54) is 0 Å². The van der Waals surface area contributed by atoms with Crippen LogP contribution < -0.4 is 9.74 Å². The van der Waals surface area contributed by atoms with Crippen LogP contribution in [0.2, 0.25) is 0 Å². The second-order valence-corrected chi connectivity index (χ2v) is 6.47. The zero-order valence-corrected chi connectivity index (χ0v) is 14.5. The van der Waals surface area contributed by atoms with Gasteiger partial charge in [-0.05, 0) is 51.1 Å². The lowest BCUT2D eigenvalue weighted by molar-refractivity contribution is 0.0635. The molecule has 0 aliphatic heterocycles.